The highest BCUT2D eigenvalue weighted by molar-refractivity contribution is 14.0. The summed E-state index contributed by atoms with van der Waals surface area (Å²) in [5, 5.41) is 15.1. The van der Waals surface area contributed by atoms with Gasteiger partial charge in [0.15, 0.2) is 11.6 Å². The number of hydrogen-bond donors (Lipinski definition) is 3. The Morgan fingerprint density at radius 1 is 1.16 bits per heavy atom. The van der Waals surface area contributed by atoms with Crippen molar-refractivity contribution in [2.24, 2.45) is 18.0 Å². The van der Waals surface area contributed by atoms with Crippen LogP contribution in [0.15, 0.2) is 47.8 Å². The van der Waals surface area contributed by atoms with Crippen molar-refractivity contribution in [1.82, 2.24) is 30.4 Å². The zero-order valence-corrected chi connectivity index (χ0v) is 20.5. The van der Waals surface area contributed by atoms with Gasteiger partial charge in [0, 0.05) is 33.7 Å². The molecular formula is C21H31IN8O. The second kappa shape index (κ2) is 13.1. The zero-order chi connectivity index (χ0) is 21.2. The maximum absolute atomic E-state index is 5.80. The molecule has 0 saturated carbocycles. The number of nitrogens with one attached hydrogen (secondary N) is 3. The number of fused-ring (bicyclic) bond motifs is 1. The van der Waals surface area contributed by atoms with E-state index >= 15 is 0 Å². The Morgan fingerprint density at radius 2 is 1.97 bits per heavy atom. The molecule has 2 heterocycles. The molecule has 0 amide bonds. The Labute approximate surface area is 200 Å². The Morgan fingerprint density at radius 3 is 2.74 bits per heavy atom. The summed E-state index contributed by atoms with van der Waals surface area (Å²) in [6.07, 6.45) is 3.31. The van der Waals surface area contributed by atoms with Gasteiger partial charge in [0.2, 0.25) is 0 Å². The van der Waals surface area contributed by atoms with E-state index in [1.165, 1.54) is 5.56 Å². The molecular weight excluding hydrogens is 507 g/mol. The normalized spacial score (nSPS) is 12.3. The highest BCUT2D eigenvalue weighted by atomic mass is 127. The lowest BCUT2D eigenvalue weighted by molar-refractivity contribution is 0.0931. The average molecular weight is 538 g/mol. The first-order valence-corrected chi connectivity index (χ1v) is 10.1. The van der Waals surface area contributed by atoms with Gasteiger partial charge in [0.1, 0.15) is 12.1 Å². The number of aryl methyl sites for hydroxylation is 1. The van der Waals surface area contributed by atoms with Gasteiger partial charge < -0.3 is 20.7 Å². The SMILES string of the molecule is CN=C(NCCNc1ncnc2c1cnn2C)NCC(C)COCc1ccccc1.I. The third-order valence-electron chi connectivity index (χ3n) is 4.59. The zero-order valence-electron chi connectivity index (χ0n) is 18.2. The number of halogens is 1. The van der Waals surface area contributed by atoms with Gasteiger partial charge in [-0.05, 0) is 11.5 Å². The van der Waals surface area contributed by atoms with Gasteiger partial charge >= 0.3 is 0 Å². The molecule has 1 unspecified atom stereocenters. The number of benzene rings is 1. The average Bonchev–Trinajstić information content (AvgIpc) is 3.15. The third-order valence-corrected chi connectivity index (χ3v) is 4.59. The van der Waals surface area contributed by atoms with Gasteiger partial charge in [-0.1, -0.05) is 37.3 Å². The van der Waals surface area contributed by atoms with Crippen molar-refractivity contribution >= 4 is 46.8 Å². The van der Waals surface area contributed by atoms with E-state index in [-0.39, 0.29) is 24.0 Å². The van der Waals surface area contributed by atoms with Gasteiger partial charge in [0.05, 0.1) is 24.8 Å². The Bertz CT molecular complexity index is 947. The molecule has 0 saturated heterocycles. The summed E-state index contributed by atoms with van der Waals surface area (Å²) in [6, 6.07) is 10.2. The van der Waals surface area contributed by atoms with Crippen LogP contribution in [0.3, 0.4) is 0 Å². The minimum Gasteiger partial charge on any atom is -0.376 e. The van der Waals surface area contributed by atoms with Crippen molar-refractivity contribution in [3.63, 3.8) is 0 Å². The summed E-state index contributed by atoms with van der Waals surface area (Å²) < 4.78 is 7.54. The number of guanidine groups is 1. The monoisotopic (exact) mass is 538 g/mol. The van der Waals surface area contributed by atoms with E-state index in [0.29, 0.717) is 32.2 Å². The minimum absolute atomic E-state index is 0. The molecule has 0 aliphatic heterocycles. The highest BCUT2D eigenvalue weighted by Crippen LogP contribution is 2.17. The topological polar surface area (TPSA) is 101 Å². The van der Waals surface area contributed by atoms with Gasteiger partial charge in [-0.25, -0.2) is 9.97 Å². The fourth-order valence-corrected chi connectivity index (χ4v) is 2.97. The molecule has 3 aromatic rings. The van der Waals surface area contributed by atoms with Crippen molar-refractivity contribution < 1.29 is 4.74 Å². The summed E-state index contributed by atoms with van der Waals surface area (Å²) in [4.78, 5) is 12.8. The van der Waals surface area contributed by atoms with Crippen LogP contribution in [0.4, 0.5) is 5.82 Å². The van der Waals surface area contributed by atoms with Gasteiger partial charge in [0.25, 0.3) is 0 Å². The lowest BCUT2D eigenvalue weighted by atomic mass is 10.2. The molecule has 10 heteroatoms. The molecule has 3 N–H and O–H groups in total. The van der Waals surface area contributed by atoms with Gasteiger partial charge in [-0.3, -0.25) is 9.67 Å². The first-order chi connectivity index (χ1) is 14.7. The molecule has 0 radical (unpaired) electrons. The molecule has 1 aromatic carbocycles. The first-order valence-electron chi connectivity index (χ1n) is 10.1. The number of ether oxygens (including phenoxy) is 1. The van der Waals surface area contributed by atoms with Crippen molar-refractivity contribution in [3.8, 4) is 0 Å². The third kappa shape index (κ3) is 7.62. The molecule has 0 fully saturated rings. The minimum atomic E-state index is 0. The molecule has 0 spiro atoms. The van der Waals surface area contributed by atoms with Crippen molar-refractivity contribution in [1.29, 1.82) is 0 Å². The summed E-state index contributed by atoms with van der Waals surface area (Å²) in [7, 11) is 3.63. The van der Waals surface area contributed by atoms with Crippen LogP contribution in [0.5, 0.6) is 0 Å². The summed E-state index contributed by atoms with van der Waals surface area (Å²) in [5.41, 5.74) is 2.00. The van der Waals surface area contributed by atoms with Crippen LogP contribution in [0.2, 0.25) is 0 Å². The Balaban J connectivity index is 0.00000341. The van der Waals surface area contributed by atoms with Crippen LogP contribution < -0.4 is 16.0 Å². The smallest absolute Gasteiger partial charge is 0.191 e. The lowest BCUT2D eigenvalue weighted by Crippen LogP contribution is -2.41. The van der Waals surface area contributed by atoms with Crippen LogP contribution in [0.25, 0.3) is 11.0 Å². The number of aromatic nitrogens is 4. The second-order valence-corrected chi connectivity index (χ2v) is 7.14. The largest absolute Gasteiger partial charge is 0.376 e. The summed E-state index contributed by atoms with van der Waals surface area (Å²) >= 11 is 0. The van der Waals surface area contributed by atoms with Crippen LogP contribution in [0, 0.1) is 5.92 Å². The number of aliphatic imine (C=N–C) groups is 1. The summed E-state index contributed by atoms with van der Waals surface area (Å²) in [5.74, 6) is 1.91. The Hall–Kier alpha value is -2.47. The Kier molecular flexibility index (Phi) is 10.4. The van der Waals surface area contributed by atoms with E-state index < -0.39 is 0 Å². The predicted octanol–water partition coefficient (Wildman–Crippen LogP) is 2.41. The summed E-state index contributed by atoms with van der Waals surface area (Å²) in [6.45, 7) is 5.65. The van der Waals surface area contributed by atoms with Crippen LogP contribution in [0.1, 0.15) is 12.5 Å². The van der Waals surface area contributed by atoms with Crippen molar-refractivity contribution in [2.45, 2.75) is 13.5 Å². The molecule has 0 aliphatic rings. The molecule has 9 nitrogen and oxygen atoms in total. The molecule has 2 aromatic heterocycles. The molecule has 31 heavy (non-hydrogen) atoms. The van der Waals surface area contributed by atoms with E-state index in [9.17, 15) is 0 Å². The molecule has 168 valence electrons. The standard InChI is InChI=1S/C21H30N8O.HI/c1-16(13-30-14-17-7-5-4-6-8-17)11-25-21(22-2)24-10-9-23-19-18-12-28-29(3)20(18)27-15-26-19;/h4-8,12,15-16H,9-11,13-14H2,1-3H3,(H2,22,24,25)(H,23,26,27);1H. The lowest BCUT2D eigenvalue weighted by Gasteiger charge is -2.16. The molecule has 1 atom stereocenters. The van der Waals surface area contributed by atoms with Gasteiger partial charge in [-0.15, -0.1) is 24.0 Å². The predicted molar refractivity (Wildman–Crippen MR) is 135 cm³/mol. The van der Waals surface area contributed by atoms with Crippen molar-refractivity contribution in [2.75, 3.05) is 38.6 Å². The number of hydrogen-bond acceptors (Lipinski definition) is 6. The maximum atomic E-state index is 5.80. The second-order valence-electron chi connectivity index (χ2n) is 7.14. The van der Waals surface area contributed by atoms with Crippen LogP contribution in [-0.4, -0.2) is 59.0 Å². The van der Waals surface area contributed by atoms with Crippen LogP contribution >= 0.6 is 24.0 Å². The highest BCUT2D eigenvalue weighted by Gasteiger charge is 2.08. The molecule has 3 rings (SSSR count). The number of nitrogens with zero attached hydrogens (tertiary/aromatic N) is 5. The fraction of sp³-hybridized carbons (Fsp3) is 0.429. The van der Waals surface area contributed by atoms with Crippen LogP contribution in [-0.2, 0) is 18.4 Å². The molecule has 0 bridgehead atoms. The van der Waals surface area contributed by atoms with E-state index in [1.54, 1.807) is 24.3 Å². The van der Waals surface area contributed by atoms with Crippen molar-refractivity contribution in [3.05, 3.63) is 48.4 Å². The van der Waals surface area contributed by atoms with Gasteiger partial charge in [-0.2, -0.15) is 5.10 Å². The fourth-order valence-electron chi connectivity index (χ4n) is 2.97. The van der Waals surface area contributed by atoms with E-state index in [0.717, 1.165) is 29.4 Å². The van der Waals surface area contributed by atoms with E-state index in [1.807, 2.05) is 25.2 Å². The maximum Gasteiger partial charge on any atom is 0.191 e. The molecule has 0 aliphatic carbocycles. The quantitative estimate of drug-likeness (QED) is 0.158. The number of rotatable bonds is 10. The van der Waals surface area contributed by atoms with E-state index in [2.05, 4.69) is 55.1 Å². The van der Waals surface area contributed by atoms with E-state index in [4.69, 9.17) is 4.74 Å². The number of anilines is 1. The first kappa shape index (κ1) is 24.8.